The summed E-state index contributed by atoms with van der Waals surface area (Å²) in [6.45, 7) is 0. The van der Waals surface area contributed by atoms with Gasteiger partial charge >= 0.3 is 6.01 Å². The van der Waals surface area contributed by atoms with Crippen LogP contribution >= 0.6 is 0 Å². The molecule has 3 aromatic heterocycles. The Morgan fingerprint density at radius 3 is 2.92 bits per heavy atom. The van der Waals surface area contributed by atoms with Crippen LogP contribution in [0.15, 0.2) is 41.3 Å². The maximum atomic E-state index is 11.5. The monoisotopic (exact) mass is 349 g/mol. The Morgan fingerprint density at radius 1 is 1.12 bits per heavy atom. The van der Waals surface area contributed by atoms with Gasteiger partial charge in [-0.25, -0.2) is 4.98 Å². The molecule has 1 fully saturated rings. The summed E-state index contributed by atoms with van der Waals surface area (Å²) in [6, 6.07) is 9.04. The first kappa shape index (κ1) is 14.7. The number of hydrogen-bond donors (Lipinski definition) is 4. The third-order valence-electron chi connectivity index (χ3n) is 4.26. The van der Waals surface area contributed by atoms with Crippen molar-refractivity contribution in [3.05, 3.63) is 52.6 Å². The number of nitrogens with one attached hydrogen (secondary N) is 4. The average molecular weight is 349 g/mol. The summed E-state index contributed by atoms with van der Waals surface area (Å²) in [7, 11) is 0. The zero-order valence-electron chi connectivity index (χ0n) is 13.6. The van der Waals surface area contributed by atoms with Gasteiger partial charge in [0.2, 0.25) is 0 Å². The van der Waals surface area contributed by atoms with E-state index in [1.165, 1.54) is 12.8 Å². The Hall–Kier alpha value is -3.62. The van der Waals surface area contributed by atoms with Gasteiger partial charge in [0.25, 0.3) is 5.56 Å². The second-order valence-electron chi connectivity index (χ2n) is 6.22. The van der Waals surface area contributed by atoms with E-state index in [4.69, 9.17) is 4.74 Å². The van der Waals surface area contributed by atoms with Crippen LogP contribution in [0, 0.1) is 0 Å². The lowest BCUT2D eigenvalue weighted by Crippen LogP contribution is -1.98. The van der Waals surface area contributed by atoms with E-state index in [0.717, 1.165) is 5.69 Å². The van der Waals surface area contributed by atoms with Gasteiger partial charge in [-0.05, 0) is 31.0 Å². The standard InChI is InChI=1S/C17H15N7O2/c25-16-11-4-3-10(7-13(11)22-24-16)26-17-18-6-5-14(20-17)19-15-8-12(21-23-15)9-1-2-9/h3-9H,1-2H2,(H2,22,24,25)(H2,18,19,20,21,23). The molecule has 0 aliphatic heterocycles. The molecule has 0 spiro atoms. The van der Waals surface area contributed by atoms with Crippen LogP contribution in [-0.2, 0) is 0 Å². The van der Waals surface area contributed by atoms with Gasteiger partial charge in [-0.15, -0.1) is 0 Å². The van der Waals surface area contributed by atoms with Crippen molar-refractivity contribution in [2.24, 2.45) is 0 Å². The predicted molar refractivity (Wildman–Crippen MR) is 94.9 cm³/mol. The van der Waals surface area contributed by atoms with Crippen LogP contribution in [0.5, 0.6) is 11.8 Å². The number of anilines is 2. The zero-order valence-corrected chi connectivity index (χ0v) is 13.6. The molecule has 26 heavy (non-hydrogen) atoms. The molecule has 0 saturated heterocycles. The summed E-state index contributed by atoms with van der Waals surface area (Å²) in [4.78, 5) is 20.0. The van der Waals surface area contributed by atoms with Gasteiger partial charge in [0.1, 0.15) is 11.6 Å². The second-order valence-corrected chi connectivity index (χ2v) is 6.22. The van der Waals surface area contributed by atoms with E-state index < -0.39 is 0 Å². The van der Waals surface area contributed by atoms with Gasteiger partial charge in [0, 0.05) is 29.9 Å². The molecule has 1 saturated carbocycles. The number of aromatic nitrogens is 6. The smallest absolute Gasteiger partial charge is 0.323 e. The Labute approximate surface area is 146 Å². The number of H-pyrrole nitrogens is 3. The van der Waals surface area contributed by atoms with Gasteiger partial charge in [0.05, 0.1) is 10.9 Å². The second kappa shape index (κ2) is 5.73. The Balaban J connectivity index is 1.35. The third-order valence-corrected chi connectivity index (χ3v) is 4.26. The van der Waals surface area contributed by atoms with Crippen molar-refractivity contribution in [1.29, 1.82) is 0 Å². The maximum absolute atomic E-state index is 11.5. The van der Waals surface area contributed by atoms with E-state index in [9.17, 15) is 4.79 Å². The Morgan fingerprint density at radius 2 is 2.04 bits per heavy atom. The fourth-order valence-electron chi connectivity index (χ4n) is 2.78. The van der Waals surface area contributed by atoms with Crippen molar-refractivity contribution >= 4 is 22.5 Å². The quantitative estimate of drug-likeness (QED) is 0.439. The van der Waals surface area contributed by atoms with Crippen molar-refractivity contribution < 1.29 is 4.74 Å². The van der Waals surface area contributed by atoms with Crippen LogP contribution in [0.2, 0.25) is 0 Å². The number of nitrogens with zero attached hydrogens (tertiary/aromatic N) is 3. The number of hydrogen-bond acceptors (Lipinski definition) is 6. The molecule has 1 aliphatic carbocycles. The van der Waals surface area contributed by atoms with Crippen LogP contribution < -0.4 is 15.6 Å². The summed E-state index contributed by atoms with van der Waals surface area (Å²) >= 11 is 0. The Bertz CT molecular complexity index is 1140. The lowest BCUT2D eigenvalue weighted by molar-refractivity contribution is 0.443. The SMILES string of the molecule is O=c1[nH][nH]c2cc(Oc3nccc(Nc4cc(C5CC5)[nH]n4)n3)ccc12. The predicted octanol–water partition coefficient (Wildman–Crippen LogP) is 2.78. The topological polar surface area (TPSA) is 124 Å². The largest absolute Gasteiger partial charge is 0.424 e. The minimum atomic E-state index is -0.168. The Kier molecular flexibility index (Phi) is 3.24. The zero-order chi connectivity index (χ0) is 17.5. The molecule has 4 N–H and O–H groups in total. The number of fused-ring (bicyclic) bond motifs is 1. The molecule has 130 valence electrons. The number of rotatable bonds is 5. The number of aromatic amines is 3. The summed E-state index contributed by atoms with van der Waals surface area (Å²) < 4.78 is 5.70. The lowest BCUT2D eigenvalue weighted by atomic mass is 10.2. The first-order valence-electron chi connectivity index (χ1n) is 8.28. The minimum Gasteiger partial charge on any atom is -0.424 e. The molecule has 5 rings (SSSR count). The van der Waals surface area contributed by atoms with Crippen molar-refractivity contribution in [2.75, 3.05) is 5.32 Å². The van der Waals surface area contributed by atoms with Gasteiger partial charge in [-0.2, -0.15) is 10.1 Å². The highest BCUT2D eigenvalue weighted by Gasteiger charge is 2.25. The van der Waals surface area contributed by atoms with E-state index >= 15 is 0 Å². The minimum absolute atomic E-state index is 0.168. The molecule has 3 heterocycles. The van der Waals surface area contributed by atoms with Crippen molar-refractivity contribution in [2.45, 2.75) is 18.8 Å². The first-order chi connectivity index (χ1) is 12.7. The molecule has 0 atom stereocenters. The highest BCUT2D eigenvalue weighted by Crippen LogP contribution is 2.39. The van der Waals surface area contributed by atoms with E-state index in [-0.39, 0.29) is 11.6 Å². The molecule has 1 aromatic carbocycles. The molecular formula is C17H15N7O2. The van der Waals surface area contributed by atoms with E-state index in [1.54, 1.807) is 30.5 Å². The van der Waals surface area contributed by atoms with E-state index in [2.05, 4.69) is 35.7 Å². The summed E-state index contributed by atoms with van der Waals surface area (Å²) in [5.41, 5.74) is 1.64. The van der Waals surface area contributed by atoms with Gasteiger partial charge in [-0.3, -0.25) is 20.1 Å². The van der Waals surface area contributed by atoms with E-state index in [1.807, 2.05) is 6.07 Å². The summed E-state index contributed by atoms with van der Waals surface area (Å²) in [5, 5.41) is 16.3. The van der Waals surface area contributed by atoms with Crippen molar-refractivity contribution in [1.82, 2.24) is 30.4 Å². The fourth-order valence-corrected chi connectivity index (χ4v) is 2.78. The van der Waals surface area contributed by atoms with Gasteiger partial charge < -0.3 is 10.1 Å². The lowest BCUT2D eigenvalue weighted by Gasteiger charge is -2.06. The van der Waals surface area contributed by atoms with Crippen LogP contribution in [0.1, 0.15) is 24.5 Å². The van der Waals surface area contributed by atoms with Gasteiger partial charge in [-0.1, -0.05) is 0 Å². The molecule has 4 aromatic rings. The molecule has 9 heteroatoms. The van der Waals surface area contributed by atoms with Gasteiger partial charge in [0.15, 0.2) is 5.82 Å². The van der Waals surface area contributed by atoms with Crippen molar-refractivity contribution in [3.8, 4) is 11.8 Å². The summed E-state index contributed by atoms with van der Waals surface area (Å²) in [5.74, 6) is 2.43. The van der Waals surface area contributed by atoms with E-state index in [0.29, 0.717) is 34.2 Å². The normalized spacial score (nSPS) is 13.8. The van der Waals surface area contributed by atoms with Crippen molar-refractivity contribution in [3.63, 3.8) is 0 Å². The number of ether oxygens (including phenoxy) is 1. The molecular weight excluding hydrogens is 334 g/mol. The highest BCUT2D eigenvalue weighted by molar-refractivity contribution is 5.79. The maximum Gasteiger partial charge on any atom is 0.323 e. The number of benzene rings is 1. The molecule has 0 bridgehead atoms. The van der Waals surface area contributed by atoms with Crippen LogP contribution in [-0.4, -0.2) is 30.4 Å². The first-order valence-corrected chi connectivity index (χ1v) is 8.28. The molecule has 0 unspecified atom stereocenters. The molecule has 0 radical (unpaired) electrons. The van der Waals surface area contributed by atoms with Crippen LogP contribution in [0.3, 0.4) is 0 Å². The van der Waals surface area contributed by atoms with Crippen LogP contribution in [0.25, 0.3) is 10.9 Å². The van der Waals surface area contributed by atoms with Crippen LogP contribution in [0.4, 0.5) is 11.6 Å². The fraction of sp³-hybridized carbons (Fsp3) is 0.176. The highest BCUT2D eigenvalue weighted by atomic mass is 16.5. The molecule has 0 amide bonds. The summed E-state index contributed by atoms with van der Waals surface area (Å²) in [6.07, 6.45) is 4.03. The average Bonchev–Trinajstić information content (AvgIpc) is 3.29. The molecule has 1 aliphatic rings. The molecule has 9 nitrogen and oxygen atoms in total. The third kappa shape index (κ3) is 2.79.